The highest BCUT2D eigenvalue weighted by Gasteiger charge is 2.55. The first-order valence-corrected chi connectivity index (χ1v) is 9.46. The van der Waals surface area contributed by atoms with Gasteiger partial charge in [0.1, 0.15) is 5.54 Å². The summed E-state index contributed by atoms with van der Waals surface area (Å²) >= 11 is 0. The molecule has 1 aliphatic heterocycles. The van der Waals surface area contributed by atoms with Gasteiger partial charge in [0.25, 0.3) is 5.91 Å². The van der Waals surface area contributed by atoms with E-state index in [2.05, 4.69) is 12.2 Å². The lowest BCUT2D eigenvalue weighted by Gasteiger charge is -2.29. The lowest BCUT2D eigenvalue weighted by atomic mass is 9.88. The van der Waals surface area contributed by atoms with Crippen LogP contribution in [0.4, 0.5) is 4.79 Å². The highest BCUT2D eigenvalue weighted by atomic mass is 16.5. The Balaban J connectivity index is 1.42. The Kier molecular flexibility index (Phi) is 4.28. The van der Waals surface area contributed by atoms with Crippen LogP contribution in [-0.2, 0) is 21.5 Å². The minimum Gasteiger partial charge on any atom is -0.376 e. The maximum atomic E-state index is 13.0. The van der Waals surface area contributed by atoms with Crippen molar-refractivity contribution in [3.05, 3.63) is 35.4 Å². The molecule has 2 fully saturated rings. The number of rotatable bonds is 4. The molecule has 4 rings (SSSR count). The zero-order chi connectivity index (χ0) is 17.4. The van der Waals surface area contributed by atoms with Gasteiger partial charge in [-0.1, -0.05) is 44.0 Å². The molecule has 5 heteroatoms. The van der Waals surface area contributed by atoms with Gasteiger partial charge in [0, 0.05) is 0 Å². The predicted octanol–water partition coefficient (Wildman–Crippen LogP) is 2.98. The van der Waals surface area contributed by atoms with Gasteiger partial charge >= 0.3 is 6.03 Å². The van der Waals surface area contributed by atoms with Crippen LogP contribution >= 0.6 is 0 Å². The van der Waals surface area contributed by atoms with E-state index in [9.17, 15) is 9.59 Å². The first-order valence-electron chi connectivity index (χ1n) is 9.46. The molecule has 0 aromatic heterocycles. The lowest BCUT2D eigenvalue weighted by molar-refractivity contribution is -0.132. The third kappa shape index (κ3) is 2.74. The SMILES string of the molecule is CC1CCCCC1OCCN1C(=O)NC2(CCc3ccccc32)C1=O. The Morgan fingerprint density at radius 1 is 1.24 bits per heavy atom. The van der Waals surface area contributed by atoms with E-state index in [0.29, 0.717) is 25.5 Å². The highest BCUT2D eigenvalue weighted by Crippen LogP contribution is 2.41. The van der Waals surface area contributed by atoms with Gasteiger partial charge in [-0.25, -0.2) is 4.79 Å². The number of nitrogens with one attached hydrogen (secondary N) is 1. The molecule has 1 heterocycles. The summed E-state index contributed by atoms with van der Waals surface area (Å²) in [5.41, 5.74) is 1.26. The second-order valence-corrected chi connectivity index (χ2v) is 7.62. The van der Waals surface area contributed by atoms with Gasteiger partial charge in [-0.3, -0.25) is 9.69 Å². The number of hydrogen-bond donors (Lipinski definition) is 1. The van der Waals surface area contributed by atoms with Crippen LogP contribution in [0, 0.1) is 5.92 Å². The number of amides is 3. The molecule has 1 aromatic rings. The molecule has 0 bridgehead atoms. The number of urea groups is 1. The molecule has 3 amide bonds. The predicted molar refractivity (Wildman–Crippen MR) is 94.1 cm³/mol. The molecule has 1 spiro atoms. The molecule has 1 aromatic carbocycles. The van der Waals surface area contributed by atoms with E-state index >= 15 is 0 Å². The Labute approximate surface area is 148 Å². The summed E-state index contributed by atoms with van der Waals surface area (Å²) in [5.74, 6) is 0.438. The Hall–Kier alpha value is -1.88. The van der Waals surface area contributed by atoms with Crippen molar-refractivity contribution in [2.24, 2.45) is 5.92 Å². The zero-order valence-electron chi connectivity index (χ0n) is 14.8. The Bertz CT molecular complexity index is 689. The topological polar surface area (TPSA) is 58.6 Å². The van der Waals surface area contributed by atoms with E-state index in [4.69, 9.17) is 4.74 Å². The molecular formula is C20H26N2O3. The number of ether oxygens (including phenoxy) is 1. The van der Waals surface area contributed by atoms with Crippen LogP contribution in [0.25, 0.3) is 0 Å². The molecule has 2 aliphatic carbocycles. The molecule has 5 nitrogen and oxygen atoms in total. The Morgan fingerprint density at radius 3 is 2.88 bits per heavy atom. The minimum atomic E-state index is -0.855. The summed E-state index contributed by atoms with van der Waals surface area (Å²) in [6.07, 6.45) is 6.50. The fourth-order valence-electron chi connectivity index (χ4n) is 4.62. The molecule has 1 N–H and O–H groups in total. The van der Waals surface area contributed by atoms with E-state index < -0.39 is 5.54 Å². The van der Waals surface area contributed by atoms with Gasteiger partial charge in [-0.15, -0.1) is 0 Å². The molecule has 25 heavy (non-hydrogen) atoms. The molecular weight excluding hydrogens is 316 g/mol. The summed E-state index contributed by atoms with van der Waals surface area (Å²) in [5, 5.41) is 2.96. The van der Waals surface area contributed by atoms with Crippen molar-refractivity contribution in [2.45, 2.75) is 57.1 Å². The molecule has 3 atom stereocenters. The first-order chi connectivity index (χ1) is 12.1. The number of nitrogens with zero attached hydrogens (tertiary/aromatic N) is 1. The maximum Gasteiger partial charge on any atom is 0.325 e. The van der Waals surface area contributed by atoms with Crippen LogP contribution in [-0.4, -0.2) is 36.1 Å². The summed E-state index contributed by atoms with van der Waals surface area (Å²) < 4.78 is 6.00. The fraction of sp³-hybridized carbons (Fsp3) is 0.600. The van der Waals surface area contributed by atoms with E-state index in [1.807, 2.05) is 24.3 Å². The van der Waals surface area contributed by atoms with Gasteiger partial charge in [0.15, 0.2) is 0 Å². The van der Waals surface area contributed by atoms with Gasteiger partial charge < -0.3 is 10.1 Å². The van der Waals surface area contributed by atoms with Gasteiger partial charge in [-0.2, -0.15) is 0 Å². The monoisotopic (exact) mass is 342 g/mol. The molecule has 1 saturated carbocycles. The van der Waals surface area contributed by atoms with Crippen LogP contribution in [0.5, 0.6) is 0 Å². The Morgan fingerprint density at radius 2 is 2.04 bits per heavy atom. The van der Waals surface area contributed by atoms with Gasteiger partial charge in [0.05, 0.1) is 19.3 Å². The van der Waals surface area contributed by atoms with Crippen LogP contribution in [0.1, 0.15) is 50.2 Å². The molecule has 0 radical (unpaired) electrons. The largest absolute Gasteiger partial charge is 0.376 e. The second kappa shape index (κ2) is 6.45. The standard InChI is InChI=1S/C20H26N2O3/c1-14-6-2-5-9-17(14)25-13-12-22-18(23)20(21-19(22)24)11-10-15-7-3-4-8-16(15)20/h3-4,7-8,14,17H,2,5-6,9-13H2,1H3,(H,21,24). The molecule has 1 saturated heterocycles. The smallest absolute Gasteiger partial charge is 0.325 e. The molecule has 3 aliphatic rings. The fourth-order valence-corrected chi connectivity index (χ4v) is 4.62. The van der Waals surface area contributed by atoms with Crippen LogP contribution in [0.15, 0.2) is 24.3 Å². The third-order valence-corrected chi connectivity index (χ3v) is 6.10. The summed E-state index contributed by atoms with van der Waals surface area (Å²) in [6, 6.07) is 7.63. The lowest BCUT2D eigenvalue weighted by Crippen LogP contribution is -2.42. The van der Waals surface area contributed by atoms with Crippen molar-refractivity contribution in [2.75, 3.05) is 13.2 Å². The number of benzene rings is 1. The first kappa shape index (κ1) is 16.6. The van der Waals surface area contributed by atoms with Crippen LogP contribution in [0.3, 0.4) is 0 Å². The number of carbonyl (C=O) groups is 2. The number of hydrogen-bond acceptors (Lipinski definition) is 3. The number of imide groups is 1. The number of aryl methyl sites for hydroxylation is 1. The quantitative estimate of drug-likeness (QED) is 0.856. The maximum absolute atomic E-state index is 13.0. The summed E-state index contributed by atoms with van der Waals surface area (Å²) in [7, 11) is 0. The zero-order valence-corrected chi connectivity index (χ0v) is 14.8. The van der Waals surface area contributed by atoms with Crippen molar-refractivity contribution in [1.29, 1.82) is 0 Å². The van der Waals surface area contributed by atoms with Crippen molar-refractivity contribution >= 4 is 11.9 Å². The van der Waals surface area contributed by atoms with Crippen molar-refractivity contribution in [1.82, 2.24) is 10.2 Å². The average molecular weight is 342 g/mol. The van der Waals surface area contributed by atoms with E-state index in [0.717, 1.165) is 24.0 Å². The summed E-state index contributed by atoms with van der Waals surface area (Å²) in [6.45, 7) is 2.98. The van der Waals surface area contributed by atoms with E-state index in [-0.39, 0.29) is 18.0 Å². The van der Waals surface area contributed by atoms with Crippen molar-refractivity contribution < 1.29 is 14.3 Å². The van der Waals surface area contributed by atoms with Crippen molar-refractivity contribution in [3.8, 4) is 0 Å². The van der Waals surface area contributed by atoms with Crippen LogP contribution in [0.2, 0.25) is 0 Å². The average Bonchev–Trinajstić information content (AvgIpc) is 3.10. The third-order valence-electron chi connectivity index (χ3n) is 6.10. The van der Waals surface area contributed by atoms with Crippen molar-refractivity contribution in [3.63, 3.8) is 0 Å². The van der Waals surface area contributed by atoms with Crippen LogP contribution < -0.4 is 5.32 Å². The summed E-state index contributed by atoms with van der Waals surface area (Å²) in [4.78, 5) is 26.8. The van der Waals surface area contributed by atoms with E-state index in [1.165, 1.54) is 24.2 Å². The molecule has 3 unspecified atom stereocenters. The van der Waals surface area contributed by atoms with E-state index in [1.54, 1.807) is 0 Å². The van der Waals surface area contributed by atoms with Gasteiger partial charge in [0.2, 0.25) is 0 Å². The van der Waals surface area contributed by atoms with Gasteiger partial charge in [-0.05, 0) is 42.7 Å². The highest BCUT2D eigenvalue weighted by molar-refractivity contribution is 6.08. The minimum absolute atomic E-state index is 0.122. The normalized spacial score (nSPS) is 31.5. The second-order valence-electron chi connectivity index (χ2n) is 7.62. The number of carbonyl (C=O) groups excluding carboxylic acids is 2. The molecule has 134 valence electrons. The number of fused-ring (bicyclic) bond motifs is 2.